The van der Waals surface area contributed by atoms with E-state index in [1.165, 1.54) is 13.3 Å². The first-order valence-electron chi connectivity index (χ1n) is 10.2. The summed E-state index contributed by atoms with van der Waals surface area (Å²) >= 11 is 0. The van der Waals surface area contributed by atoms with E-state index in [0.717, 1.165) is 38.5 Å². The van der Waals surface area contributed by atoms with Crippen LogP contribution in [0.3, 0.4) is 0 Å². The van der Waals surface area contributed by atoms with Crippen molar-refractivity contribution in [1.82, 2.24) is 15.1 Å². The van der Waals surface area contributed by atoms with Crippen LogP contribution in [0.2, 0.25) is 0 Å². The molecule has 2 N–H and O–H groups in total. The van der Waals surface area contributed by atoms with Gasteiger partial charge in [0.15, 0.2) is 5.78 Å². The van der Waals surface area contributed by atoms with Gasteiger partial charge < -0.3 is 15.5 Å². The number of hydrogen-bond donors (Lipinski definition) is 2. The molecule has 3 aliphatic rings. The summed E-state index contributed by atoms with van der Waals surface area (Å²) in [5.41, 5.74) is 1.34. The number of urea groups is 1. The minimum Gasteiger partial charge on any atom is -0.336 e. The van der Waals surface area contributed by atoms with Crippen LogP contribution in [-0.4, -0.2) is 67.4 Å². The number of rotatable bonds is 8. The summed E-state index contributed by atoms with van der Waals surface area (Å²) in [5.74, 6) is 1.47. The van der Waals surface area contributed by atoms with Gasteiger partial charge in [0.25, 0.3) is 0 Å². The minimum absolute atomic E-state index is 0.0198. The van der Waals surface area contributed by atoms with Crippen LogP contribution in [-0.2, 0) is 0 Å². The Labute approximate surface area is 168 Å². The van der Waals surface area contributed by atoms with E-state index in [9.17, 15) is 9.59 Å². The Morgan fingerprint density at radius 3 is 2.68 bits per heavy atom. The molecular formula is C22H32N4O2. The normalized spacial score (nSPS) is 26.1. The lowest BCUT2D eigenvalue weighted by molar-refractivity contribution is -0.00709. The van der Waals surface area contributed by atoms with Crippen LogP contribution in [0.15, 0.2) is 36.9 Å². The number of ketones is 1. The highest BCUT2D eigenvalue weighted by molar-refractivity contribution is 5.95. The summed E-state index contributed by atoms with van der Waals surface area (Å²) in [6, 6.07) is 7.20. The lowest BCUT2D eigenvalue weighted by Gasteiger charge is -2.50. The summed E-state index contributed by atoms with van der Waals surface area (Å²) in [6.45, 7) is 10.3. The number of carbonyl (C=O) groups excluding carboxylic acids is 2. The van der Waals surface area contributed by atoms with Crippen LogP contribution in [0.4, 0.5) is 10.5 Å². The van der Waals surface area contributed by atoms with Crippen molar-refractivity contribution in [3.8, 4) is 0 Å². The molecule has 0 aliphatic carbocycles. The first kappa shape index (κ1) is 20.6. The Morgan fingerprint density at radius 2 is 2.07 bits per heavy atom. The highest BCUT2D eigenvalue weighted by Gasteiger charge is 2.40. The maximum Gasteiger partial charge on any atom is 0.319 e. The predicted octanol–water partition coefficient (Wildman–Crippen LogP) is 2.84. The largest absolute Gasteiger partial charge is 0.336 e. The van der Waals surface area contributed by atoms with Crippen LogP contribution in [0.5, 0.6) is 0 Å². The van der Waals surface area contributed by atoms with Crippen molar-refractivity contribution >= 4 is 17.5 Å². The van der Waals surface area contributed by atoms with Crippen molar-refractivity contribution in [3.63, 3.8) is 0 Å². The number of amides is 2. The number of nitrogens with one attached hydrogen (secondary N) is 2. The van der Waals surface area contributed by atoms with Crippen LogP contribution in [0.25, 0.3) is 0 Å². The van der Waals surface area contributed by atoms with Crippen LogP contribution >= 0.6 is 0 Å². The van der Waals surface area contributed by atoms with Gasteiger partial charge in [0, 0.05) is 43.5 Å². The molecular weight excluding hydrogens is 352 g/mol. The molecule has 3 aliphatic heterocycles. The molecule has 0 radical (unpaired) electrons. The van der Waals surface area contributed by atoms with Crippen LogP contribution in [0.1, 0.15) is 30.1 Å². The number of carbonyl (C=O) groups is 2. The molecule has 28 heavy (non-hydrogen) atoms. The van der Waals surface area contributed by atoms with Gasteiger partial charge in [0.05, 0.1) is 0 Å². The van der Waals surface area contributed by atoms with E-state index in [2.05, 4.69) is 34.1 Å². The van der Waals surface area contributed by atoms with Gasteiger partial charge in [0.1, 0.15) is 0 Å². The molecule has 0 saturated carbocycles. The standard InChI is InChI=1S/C22H32N4O2/c1-4-10-25(3)14-19-15-26-11-9-18(19)12-21(26)13-23-22(28)24-20-7-5-17(6-8-20)16(2)27/h4-8,18-19,21H,1,9-15H2,2-3H3,(H2,23,24,28)/t18-,19-,21+/m0/s1. The monoisotopic (exact) mass is 384 g/mol. The van der Waals surface area contributed by atoms with Gasteiger partial charge in [-0.15, -0.1) is 6.58 Å². The van der Waals surface area contributed by atoms with Gasteiger partial charge in [-0.3, -0.25) is 9.69 Å². The van der Waals surface area contributed by atoms with E-state index in [0.29, 0.717) is 29.8 Å². The molecule has 1 aromatic rings. The summed E-state index contributed by atoms with van der Waals surface area (Å²) in [7, 11) is 2.16. The second-order valence-electron chi connectivity index (χ2n) is 8.17. The smallest absolute Gasteiger partial charge is 0.319 e. The summed E-state index contributed by atoms with van der Waals surface area (Å²) in [6.07, 6.45) is 4.37. The van der Waals surface area contributed by atoms with Gasteiger partial charge in [-0.05, 0) is 69.5 Å². The quantitative estimate of drug-likeness (QED) is 0.534. The third kappa shape index (κ3) is 5.20. The number of anilines is 1. The van der Waals surface area contributed by atoms with E-state index in [1.807, 2.05) is 6.08 Å². The molecule has 0 spiro atoms. The Bertz CT molecular complexity index is 703. The van der Waals surface area contributed by atoms with Crippen molar-refractivity contribution in [2.75, 3.05) is 45.1 Å². The summed E-state index contributed by atoms with van der Waals surface area (Å²) in [5, 5.41) is 5.86. The van der Waals surface area contributed by atoms with Gasteiger partial charge in [-0.25, -0.2) is 4.79 Å². The molecule has 0 aromatic heterocycles. The second-order valence-corrected chi connectivity index (χ2v) is 8.17. The number of Topliss-reactive ketones (excluding diaryl/α,β-unsaturated/α-hetero) is 1. The zero-order valence-electron chi connectivity index (χ0n) is 17.0. The van der Waals surface area contributed by atoms with Crippen LogP contribution in [0, 0.1) is 11.8 Å². The molecule has 1 aromatic carbocycles. The first-order chi connectivity index (χ1) is 13.5. The lowest BCUT2D eigenvalue weighted by Crippen LogP contribution is -2.58. The van der Waals surface area contributed by atoms with E-state index in [-0.39, 0.29) is 11.8 Å². The van der Waals surface area contributed by atoms with E-state index < -0.39 is 0 Å². The molecule has 152 valence electrons. The maximum atomic E-state index is 12.2. The fraction of sp³-hybridized carbons (Fsp3) is 0.545. The number of piperidine rings is 3. The molecule has 3 heterocycles. The highest BCUT2D eigenvalue weighted by atomic mass is 16.2. The van der Waals surface area contributed by atoms with Crippen molar-refractivity contribution in [1.29, 1.82) is 0 Å². The average molecular weight is 385 g/mol. The zero-order chi connectivity index (χ0) is 20.1. The number of likely N-dealkylation sites (N-methyl/N-ethyl adjacent to an activating group) is 1. The molecule has 4 rings (SSSR count). The summed E-state index contributed by atoms with van der Waals surface area (Å²) < 4.78 is 0. The first-order valence-corrected chi connectivity index (χ1v) is 10.2. The fourth-order valence-electron chi connectivity index (χ4n) is 4.54. The number of hydrogen-bond acceptors (Lipinski definition) is 4. The van der Waals surface area contributed by atoms with Crippen molar-refractivity contribution in [3.05, 3.63) is 42.5 Å². The van der Waals surface area contributed by atoms with Gasteiger partial charge in [0.2, 0.25) is 0 Å². The molecule has 2 amide bonds. The van der Waals surface area contributed by atoms with E-state index >= 15 is 0 Å². The van der Waals surface area contributed by atoms with E-state index in [1.54, 1.807) is 24.3 Å². The second kappa shape index (κ2) is 9.34. The Kier molecular flexibility index (Phi) is 6.86. The third-order valence-electron chi connectivity index (χ3n) is 6.05. The number of nitrogens with zero attached hydrogens (tertiary/aromatic N) is 2. The molecule has 6 nitrogen and oxygen atoms in total. The number of fused-ring (bicyclic) bond motifs is 3. The molecule has 4 atom stereocenters. The maximum absolute atomic E-state index is 12.2. The predicted molar refractivity (Wildman–Crippen MR) is 113 cm³/mol. The van der Waals surface area contributed by atoms with Gasteiger partial charge >= 0.3 is 6.03 Å². The highest BCUT2D eigenvalue weighted by Crippen LogP contribution is 2.36. The zero-order valence-corrected chi connectivity index (χ0v) is 17.0. The SMILES string of the molecule is C=CCN(C)C[C@H]1CN2CC[C@H]1C[C@@H]2CNC(=O)Nc1ccc(C(C)=O)cc1. The van der Waals surface area contributed by atoms with Crippen LogP contribution < -0.4 is 10.6 Å². The fourth-order valence-corrected chi connectivity index (χ4v) is 4.54. The lowest BCUT2D eigenvalue weighted by atomic mass is 9.75. The van der Waals surface area contributed by atoms with Crippen molar-refractivity contribution in [2.45, 2.75) is 25.8 Å². The average Bonchev–Trinajstić information content (AvgIpc) is 2.68. The Hall–Kier alpha value is -2.18. The topological polar surface area (TPSA) is 64.7 Å². The van der Waals surface area contributed by atoms with E-state index in [4.69, 9.17) is 0 Å². The van der Waals surface area contributed by atoms with Gasteiger partial charge in [-0.2, -0.15) is 0 Å². The van der Waals surface area contributed by atoms with Crippen molar-refractivity contribution in [2.24, 2.45) is 11.8 Å². The summed E-state index contributed by atoms with van der Waals surface area (Å²) in [4.78, 5) is 28.4. The molecule has 2 bridgehead atoms. The van der Waals surface area contributed by atoms with Crippen molar-refractivity contribution < 1.29 is 9.59 Å². The Morgan fingerprint density at radius 1 is 1.32 bits per heavy atom. The van der Waals surface area contributed by atoms with Gasteiger partial charge in [-0.1, -0.05) is 6.08 Å². The number of benzene rings is 1. The molecule has 6 heteroatoms. The Balaban J connectivity index is 1.44. The molecule has 3 fully saturated rings. The minimum atomic E-state index is -0.194. The third-order valence-corrected chi connectivity index (χ3v) is 6.05. The molecule has 1 unspecified atom stereocenters. The molecule has 3 saturated heterocycles.